The van der Waals surface area contributed by atoms with Gasteiger partial charge in [-0.2, -0.15) is 0 Å². The van der Waals surface area contributed by atoms with Crippen molar-refractivity contribution in [3.05, 3.63) is 35.9 Å². The molecule has 1 heterocycles. The fourth-order valence-corrected chi connectivity index (χ4v) is 3.18. The summed E-state index contributed by atoms with van der Waals surface area (Å²) >= 11 is 0. The molecular formula is C18H31N3. The topological polar surface area (TPSA) is 18.5 Å². The van der Waals surface area contributed by atoms with Crippen LogP contribution in [-0.4, -0.2) is 55.6 Å². The molecule has 3 nitrogen and oxygen atoms in total. The van der Waals surface area contributed by atoms with Crippen LogP contribution >= 0.6 is 0 Å². The lowest BCUT2D eigenvalue weighted by atomic mass is 9.98. The van der Waals surface area contributed by atoms with E-state index >= 15 is 0 Å². The van der Waals surface area contributed by atoms with Crippen LogP contribution in [0.1, 0.15) is 38.3 Å². The third-order valence-electron chi connectivity index (χ3n) is 4.66. The molecule has 1 aliphatic heterocycles. The van der Waals surface area contributed by atoms with Gasteiger partial charge in [-0.1, -0.05) is 44.2 Å². The van der Waals surface area contributed by atoms with E-state index in [2.05, 4.69) is 73.4 Å². The molecule has 2 rings (SSSR count). The van der Waals surface area contributed by atoms with Gasteiger partial charge in [0, 0.05) is 24.7 Å². The summed E-state index contributed by atoms with van der Waals surface area (Å²) in [5.41, 5.74) is 1.42. The molecule has 0 saturated carbocycles. The fourth-order valence-electron chi connectivity index (χ4n) is 3.18. The van der Waals surface area contributed by atoms with E-state index in [1.165, 1.54) is 31.5 Å². The Morgan fingerprint density at radius 3 is 2.38 bits per heavy atom. The Balaban J connectivity index is 2.07. The standard InChI is InChI=1S/C18H31N3/c1-15(2)19-14-18(16-8-6-5-7-9-16)21(4)17-10-12-20(3)13-11-17/h5-9,15,17-19H,10-14H2,1-4H3. The van der Waals surface area contributed by atoms with Crippen LogP contribution in [0.3, 0.4) is 0 Å². The van der Waals surface area contributed by atoms with Crippen LogP contribution in [0.4, 0.5) is 0 Å². The summed E-state index contributed by atoms with van der Waals surface area (Å²) in [6.45, 7) is 7.89. The van der Waals surface area contributed by atoms with E-state index in [1.54, 1.807) is 0 Å². The minimum Gasteiger partial charge on any atom is -0.313 e. The highest BCUT2D eigenvalue weighted by Gasteiger charge is 2.26. The predicted molar refractivity (Wildman–Crippen MR) is 90.6 cm³/mol. The van der Waals surface area contributed by atoms with Crippen molar-refractivity contribution in [3.63, 3.8) is 0 Å². The molecule has 1 aliphatic rings. The molecule has 1 aromatic carbocycles. The zero-order chi connectivity index (χ0) is 15.2. The summed E-state index contributed by atoms with van der Waals surface area (Å²) in [5.74, 6) is 0. The van der Waals surface area contributed by atoms with Crippen LogP contribution in [-0.2, 0) is 0 Å². The van der Waals surface area contributed by atoms with E-state index < -0.39 is 0 Å². The lowest BCUT2D eigenvalue weighted by molar-refractivity contribution is 0.105. The summed E-state index contributed by atoms with van der Waals surface area (Å²) in [7, 11) is 4.53. The van der Waals surface area contributed by atoms with E-state index in [-0.39, 0.29) is 0 Å². The summed E-state index contributed by atoms with van der Waals surface area (Å²) < 4.78 is 0. The molecule has 1 fully saturated rings. The van der Waals surface area contributed by atoms with Crippen LogP contribution in [0.25, 0.3) is 0 Å². The monoisotopic (exact) mass is 289 g/mol. The molecule has 1 aromatic rings. The van der Waals surface area contributed by atoms with Crippen molar-refractivity contribution in [2.75, 3.05) is 33.7 Å². The number of piperidine rings is 1. The van der Waals surface area contributed by atoms with Crippen LogP contribution in [0, 0.1) is 0 Å². The SMILES string of the molecule is CC(C)NCC(c1ccccc1)N(C)C1CCN(C)CC1. The number of likely N-dealkylation sites (tertiary alicyclic amines) is 1. The van der Waals surface area contributed by atoms with Gasteiger partial charge in [0.2, 0.25) is 0 Å². The maximum atomic E-state index is 3.62. The maximum Gasteiger partial charge on any atom is 0.0472 e. The Hall–Kier alpha value is -0.900. The second-order valence-corrected chi connectivity index (χ2v) is 6.69. The maximum absolute atomic E-state index is 3.62. The summed E-state index contributed by atoms with van der Waals surface area (Å²) in [5, 5.41) is 3.62. The van der Waals surface area contributed by atoms with Gasteiger partial charge in [-0.3, -0.25) is 4.90 Å². The van der Waals surface area contributed by atoms with Gasteiger partial charge in [0.1, 0.15) is 0 Å². The molecule has 118 valence electrons. The molecule has 0 aliphatic carbocycles. The number of nitrogens with one attached hydrogen (secondary N) is 1. The average molecular weight is 289 g/mol. The quantitative estimate of drug-likeness (QED) is 0.869. The Kier molecular flexibility index (Phi) is 6.22. The molecule has 1 atom stereocenters. The number of rotatable bonds is 6. The van der Waals surface area contributed by atoms with Crippen LogP contribution in [0.5, 0.6) is 0 Å². The summed E-state index contributed by atoms with van der Waals surface area (Å²) in [6.07, 6.45) is 2.55. The van der Waals surface area contributed by atoms with Crippen molar-refractivity contribution in [3.8, 4) is 0 Å². The molecule has 0 spiro atoms. The first-order chi connectivity index (χ1) is 10.1. The van der Waals surface area contributed by atoms with Crippen molar-refractivity contribution < 1.29 is 0 Å². The summed E-state index contributed by atoms with van der Waals surface area (Å²) in [6, 6.07) is 12.6. The molecule has 1 unspecified atom stereocenters. The molecule has 0 amide bonds. The highest BCUT2D eigenvalue weighted by Crippen LogP contribution is 2.25. The van der Waals surface area contributed by atoms with E-state index in [0.717, 1.165) is 6.54 Å². The first kappa shape index (κ1) is 16.5. The molecule has 0 bridgehead atoms. The molecule has 1 N–H and O–H groups in total. The number of nitrogens with zero attached hydrogens (tertiary/aromatic N) is 2. The summed E-state index contributed by atoms with van der Waals surface area (Å²) in [4.78, 5) is 5.03. The second kappa shape index (κ2) is 7.92. The van der Waals surface area contributed by atoms with Crippen molar-refractivity contribution in [2.45, 2.75) is 44.8 Å². The number of hydrogen-bond donors (Lipinski definition) is 1. The van der Waals surface area contributed by atoms with Gasteiger partial charge < -0.3 is 10.2 Å². The normalized spacial score (nSPS) is 19.3. The van der Waals surface area contributed by atoms with Crippen LogP contribution < -0.4 is 5.32 Å². The first-order valence-electron chi connectivity index (χ1n) is 8.26. The van der Waals surface area contributed by atoms with E-state index in [4.69, 9.17) is 0 Å². The minimum atomic E-state index is 0.460. The van der Waals surface area contributed by atoms with Gasteiger partial charge in [0.25, 0.3) is 0 Å². The number of benzene rings is 1. The van der Waals surface area contributed by atoms with Crippen molar-refractivity contribution in [1.82, 2.24) is 15.1 Å². The van der Waals surface area contributed by atoms with Crippen LogP contribution in [0.2, 0.25) is 0 Å². The smallest absolute Gasteiger partial charge is 0.0472 e. The van der Waals surface area contributed by atoms with Crippen LogP contribution in [0.15, 0.2) is 30.3 Å². The predicted octanol–water partition coefficient (Wildman–Crippen LogP) is 2.75. The van der Waals surface area contributed by atoms with Gasteiger partial charge in [-0.25, -0.2) is 0 Å². The molecule has 3 heteroatoms. The van der Waals surface area contributed by atoms with Crippen molar-refractivity contribution in [2.24, 2.45) is 0 Å². The Morgan fingerprint density at radius 2 is 1.81 bits per heavy atom. The zero-order valence-corrected chi connectivity index (χ0v) is 14.0. The number of hydrogen-bond acceptors (Lipinski definition) is 3. The van der Waals surface area contributed by atoms with Crippen molar-refractivity contribution >= 4 is 0 Å². The largest absolute Gasteiger partial charge is 0.313 e. The van der Waals surface area contributed by atoms with Gasteiger partial charge >= 0.3 is 0 Å². The highest BCUT2D eigenvalue weighted by molar-refractivity contribution is 5.19. The van der Waals surface area contributed by atoms with Gasteiger partial charge in [-0.15, -0.1) is 0 Å². The third kappa shape index (κ3) is 4.80. The van der Waals surface area contributed by atoms with Gasteiger partial charge in [-0.05, 0) is 45.6 Å². The Morgan fingerprint density at radius 1 is 1.19 bits per heavy atom. The minimum absolute atomic E-state index is 0.460. The van der Waals surface area contributed by atoms with E-state index in [9.17, 15) is 0 Å². The molecule has 0 radical (unpaired) electrons. The average Bonchev–Trinajstić information content (AvgIpc) is 2.49. The third-order valence-corrected chi connectivity index (χ3v) is 4.66. The Bertz CT molecular complexity index is 396. The van der Waals surface area contributed by atoms with E-state index in [0.29, 0.717) is 18.1 Å². The zero-order valence-electron chi connectivity index (χ0n) is 14.0. The van der Waals surface area contributed by atoms with Gasteiger partial charge in [0.05, 0.1) is 0 Å². The first-order valence-corrected chi connectivity index (χ1v) is 8.26. The van der Waals surface area contributed by atoms with Gasteiger partial charge in [0.15, 0.2) is 0 Å². The molecule has 0 aromatic heterocycles. The molecule has 1 saturated heterocycles. The molecule has 21 heavy (non-hydrogen) atoms. The lowest BCUT2D eigenvalue weighted by Gasteiger charge is -2.40. The van der Waals surface area contributed by atoms with E-state index in [1.807, 2.05) is 0 Å². The Labute approximate surface area is 130 Å². The number of likely N-dealkylation sites (N-methyl/N-ethyl adjacent to an activating group) is 1. The second-order valence-electron chi connectivity index (χ2n) is 6.69. The fraction of sp³-hybridized carbons (Fsp3) is 0.667. The molecular weight excluding hydrogens is 258 g/mol. The lowest BCUT2D eigenvalue weighted by Crippen LogP contribution is -2.46. The highest BCUT2D eigenvalue weighted by atomic mass is 15.2. The van der Waals surface area contributed by atoms with Crippen molar-refractivity contribution in [1.29, 1.82) is 0 Å².